The van der Waals surface area contributed by atoms with Crippen molar-refractivity contribution in [2.24, 2.45) is 17.8 Å². The van der Waals surface area contributed by atoms with Crippen LogP contribution < -0.4 is 0 Å². The molecule has 3 aliphatic rings. The fourth-order valence-corrected chi connectivity index (χ4v) is 3.76. The lowest BCUT2D eigenvalue weighted by molar-refractivity contribution is -0.153. The quantitative estimate of drug-likeness (QED) is 0.529. The molecule has 1 saturated heterocycles. The van der Waals surface area contributed by atoms with Gasteiger partial charge in [-0.3, -0.25) is 0 Å². The molecular weight excluding hydrogens is 204 g/mol. The van der Waals surface area contributed by atoms with E-state index in [4.69, 9.17) is 9.47 Å². The van der Waals surface area contributed by atoms with E-state index in [-0.39, 0.29) is 18.2 Å². The summed E-state index contributed by atoms with van der Waals surface area (Å²) in [6.45, 7) is 7.45. The molecule has 0 amide bonds. The van der Waals surface area contributed by atoms with Crippen LogP contribution in [0.4, 0.5) is 0 Å². The third-order valence-corrected chi connectivity index (χ3v) is 4.48. The van der Waals surface area contributed by atoms with Crippen LogP contribution in [0.15, 0.2) is 12.2 Å². The van der Waals surface area contributed by atoms with Gasteiger partial charge in [-0.25, -0.2) is 4.79 Å². The first-order valence-electron chi connectivity index (χ1n) is 6.10. The minimum absolute atomic E-state index is 0.0181. The third kappa shape index (κ3) is 1.27. The van der Waals surface area contributed by atoms with E-state index in [0.29, 0.717) is 29.4 Å². The van der Waals surface area contributed by atoms with Crippen LogP contribution >= 0.6 is 0 Å². The van der Waals surface area contributed by atoms with E-state index in [1.165, 1.54) is 6.42 Å². The van der Waals surface area contributed by atoms with Gasteiger partial charge in [0.15, 0.2) is 0 Å². The van der Waals surface area contributed by atoms with Gasteiger partial charge >= 0.3 is 5.97 Å². The fraction of sp³-hybridized carbons (Fsp3) is 0.769. The average molecular weight is 222 g/mol. The summed E-state index contributed by atoms with van der Waals surface area (Å²) in [5.41, 5.74) is 0.477. The zero-order valence-corrected chi connectivity index (χ0v) is 9.81. The van der Waals surface area contributed by atoms with Gasteiger partial charge in [-0.1, -0.05) is 6.58 Å². The summed E-state index contributed by atoms with van der Waals surface area (Å²) in [6, 6.07) is 0. The minimum Gasteiger partial charge on any atom is -0.456 e. The molecular formula is C13H18O3. The molecule has 3 rings (SSSR count). The molecule has 0 radical (unpaired) electrons. The zero-order valence-electron chi connectivity index (χ0n) is 9.81. The first-order chi connectivity index (χ1) is 7.58. The van der Waals surface area contributed by atoms with Crippen LogP contribution in [0.1, 0.15) is 26.7 Å². The Hall–Kier alpha value is -0.830. The summed E-state index contributed by atoms with van der Waals surface area (Å²) in [6.07, 6.45) is 2.82. The summed E-state index contributed by atoms with van der Waals surface area (Å²) in [7, 11) is 0. The molecule has 3 heteroatoms. The van der Waals surface area contributed by atoms with Crippen LogP contribution in [0, 0.1) is 17.8 Å². The monoisotopic (exact) mass is 222 g/mol. The first kappa shape index (κ1) is 10.3. The predicted molar refractivity (Wildman–Crippen MR) is 58.7 cm³/mol. The lowest BCUT2D eigenvalue weighted by atomic mass is 9.85. The number of esters is 1. The molecule has 0 N–H and O–H groups in total. The highest BCUT2D eigenvalue weighted by Gasteiger charge is 2.61. The SMILES string of the molecule is C=C(C)C(=O)OC1C2CC3C(C)OC1C3C2. The van der Waals surface area contributed by atoms with E-state index >= 15 is 0 Å². The van der Waals surface area contributed by atoms with E-state index in [0.717, 1.165) is 6.42 Å². The maximum atomic E-state index is 11.6. The summed E-state index contributed by atoms with van der Waals surface area (Å²) >= 11 is 0. The Bertz CT molecular complexity index is 349. The average Bonchev–Trinajstić information content (AvgIpc) is 2.81. The number of hydrogen-bond donors (Lipinski definition) is 0. The summed E-state index contributed by atoms with van der Waals surface area (Å²) < 4.78 is 11.4. The summed E-state index contributed by atoms with van der Waals surface area (Å²) in [5, 5.41) is 0. The molecule has 2 bridgehead atoms. The molecule has 88 valence electrons. The smallest absolute Gasteiger partial charge is 0.333 e. The van der Waals surface area contributed by atoms with Crippen molar-refractivity contribution in [2.75, 3.05) is 0 Å². The van der Waals surface area contributed by atoms with Crippen molar-refractivity contribution in [1.29, 1.82) is 0 Å². The van der Waals surface area contributed by atoms with Crippen LogP contribution in [-0.4, -0.2) is 24.3 Å². The van der Waals surface area contributed by atoms with Gasteiger partial charge in [0.1, 0.15) is 6.10 Å². The van der Waals surface area contributed by atoms with Crippen LogP contribution in [0.2, 0.25) is 0 Å². The Labute approximate surface area is 95.8 Å². The Balaban J connectivity index is 1.75. The van der Waals surface area contributed by atoms with Crippen molar-refractivity contribution in [1.82, 2.24) is 0 Å². The van der Waals surface area contributed by atoms with Gasteiger partial charge in [-0.05, 0) is 44.4 Å². The molecule has 2 aliphatic carbocycles. The van der Waals surface area contributed by atoms with Gasteiger partial charge in [-0.15, -0.1) is 0 Å². The van der Waals surface area contributed by atoms with Crippen molar-refractivity contribution in [2.45, 2.75) is 45.0 Å². The van der Waals surface area contributed by atoms with Gasteiger partial charge in [0.25, 0.3) is 0 Å². The summed E-state index contributed by atoms with van der Waals surface area (Å²) in [4.78, 5) is 11.6. The summed E-state index contributed by atoms with van der Waals surface area (Å²) in [5.74, 6) is 1.59. The predicted octanol–water partition coefficient (Wildman–Crippen LogP) is 1.92. The Morgan fingerprint density at radius 3 is 2.75 bits per heavy atom. The molecule has 3 fully saturated rings. The topological polar surface area (TPSA) is 35.5 Å². The number of hydrogen-bond acceptors (Lipinski definition) is 3. The maximum absolute atomic E-state index is 11.6. The highest BCUT2D eigenvalue weighted by atomic mass is 16.6. The molecule has 1 heterocycles. The third-order valence-electron chi connectivity index (χ3n) is 4.48. The Morgan fingerprint density at radius 1 is 1.38 bits per heavy atom. The number of carbonyl (C=O) groups is 1. The Morgan fingerprint density at radius 2 is 2.06 bits per heavy atom. The standard InChI is InChI=1S/C13H18O3/c1-6(2)13(14)16-11-8-4-9-7(3)15-12(11)10(9)5-8/h7-12H,1,4-5H2,2-3H3. The highest BCUT2D eigenvalue weighted by molar-refractivity contribution is 5.87. The Kier molecular flexibility index (Phi) is 2.15. The molecule has 1 aliphatic heterocycles. The largest absolute Gasteiger partial charge is 0.456 e. The minimum atomic E-state index is -0.266. The zero-order chi connectivity index (χ0) is 11.4. The van der Waals surface area contributed by atoms with E-state index in [1.54, 1.807) is 6.92 Å². The molecule has 0 aromatic rings. The number of fused-ring (bicyclic) bond motifs is 1. The number of rotatable bonds is 2. The van der Waals surface area contributed by atoms with Crippen molar-refractivity contribution in [3.63, 3.8) is 0 Å². The van der Waals surface area contributed by atoms with Gasteiger partial charge in [0, 0.05) is 5.57 Å². The maximum Gasteiger partial charge on any atom is 0.333 e. The molecule has 0 aromatic heterocycles. The van der Waals surface area contributed by atoms with Crippen LogP contribution in [0.5, 0.6) is 0 Å². The van der Waals surface area contributed by atoms with E-state index in [1.807, 2.05) is 0 Å². The second kappa shape index (κ2) is 3.33. The van der Waals surface area contributed by atoms with Crippen molar-refractivity contribution < 1.29 is 14.3 Å². The lowest BCUT2D eigenvalue weighted by Crippen LogP contribution is -2.36. The van der Waals surface area contributed by atoms with E-state index in [2.05, 4.69) is 13.5 Å². The fourth-order valence-electron chi connectivity index (χ4n) is 3.76. The molecule has 3 nitrogen and oxygen atoms in total. The molecule has 2 saturated carbocycles. The van der Waals surface area contributed by atoms with Crippen LogP contribution in [-0.2, 0) is 14.3 Å². The van der Waals surface area contributed by atoms with Gasteiger partial charge in [-0.2, -0.15) is 0 Å². The van der Waals surface area contributed by atoms with Crippen LogP contribution in [0.25, 0.3) is 0 Å². The van der Waals surface area contributed by atoms with Crippen molar-refractivity contribution in [3.8, 4) is 0 Å². The van der Waals surface area contributed by atoms with Gasteiger partial charge in [0.2, 0.25) is 0 Å². The second-order valence-corrected chi connectivity index (χ2v) is 5.52. The second-order valence-electron chi connectivity index (χ2n) is 5.52. The van der Waals surface area contributed by atoms with Crippen molar-refractivity contribution in [3.05, 3.63) is 12.2 Å². The van der Waals surface area contributed by atoms with E-state index in [9.17, 15) is 4.79 Å². The molecule has 0 spiro atoms. The van der Waals surface area contributed by atoms with Crippen LogP contribution in [0.3, 0.4) is 0 Å². The first-order valence-corrected chi connectivity index (χ1v) is 6.10. The van der Waals surface area contributed by atoms with Gasteiger partial charge < -0.3 is 9.47 Å². The molecule has 6 unspecified atom stereocenters. The lowest BCUT2D eigenvalue weighted by Gasteiger charge is -2.26. The number of carbonyl (C=O) groups excluding carboxylic acids is 1. The van der Waals surface area contributed by atoms with Crippen molar-refractivity contribution >= 4 is 5.97 Å². The molecule has 0 aromatic carbocycles. The number of ether oxygens (including phenoxy) is 2. The van der Waals surface area contributed by atoms with Gasteiger partial charge in [0.05, 0.1) is 12.2 Å². The molecule has 16 heavy (non-hydrogen) atoms. The molecule has 6 atom stereocenters. The van der Waals surface area contributed by atoms with E-state index < -0.39 is 0 Å². The normalized spacial score (nSPS) is 48.4. The highest BCUT2D eigenvalue weighted by Crippen LogP contribution is 2.57.